The first-order chi connectivity index (χ1) is 28.4. The van der Waals surface area contributed by atoms with Crippen molar-refractivity contribution >= 4 is 82.2 Å². The maximum atomic E-state index is 13.4. The molecule has 1 aromatic heterocycles. The third-order valence-corrected chi connectivity index (χ3v) is 13.4. The number of fused-ring (bicyclic) bond motifs is 1. The monoisotopic (exact) mass is 839 g/mol. The molecule has 3 fully saturated rings. The van der Waals surface area contributed by atoms with Crippen LogP contribution in [0.15, 0.2) is 66.9 Å². The standard InChI is InChI=1S/C42H47ClN9O6P/c1-58-35-23-28(9-11-32(35)46-42-44-24-31(43)38(48-42)45-33-6-4-5-7-36(33)59(2,3)57)50-16-14-26(15-17-50)25-49-18-20-51(21-19-49)27-8-10-29-30(22-27)41(56)52(40(29)55)34-12-13-37(53)47-39(34)54/h4-11,22-24,26,34H,12-21,25H2,1-3H3,(H,47,53,54)(H2,44,45,46,48). The van der Waals surface area contributed by atoms with E-state index >= 15 is 0 Å². The Hall–Kier alpha value is -5.50. The fraction of sp³-hybridized carbons (Fsp3) is 0.381. The van der Waals surface area contributed by atoms with E-state index in [1.807, 2.05) is 42.5 Å². The molecule has 1 atom stereocenters. The van der Waals surface area contributed by atoms with Gasteiger partial charge in [0.1, 0.15) is 24.0 Å². The van der Waals surface area contributed by atoms with Gasteiger partial charge in [-0.05, 0) is 81.0 Å². The van der Waals surface area contributed by atoms with E-state index in [-0.39, 0.29) is 12.8 Å². The summed E-state index contributed by atoms with van der Waals surface area (Å²) in [5, 5.41) is 9.79. The summed E-state index contributed by atoms with van der Waals surface area (Å²) in [6.45, 7) is 9.70. The molecule has 0 saturated carbocycles. The molecule has 3 saturated heterocycles. The lowest BCUT2D eigenvalue weighted by Crippen LogP contribution is -2.54. The van der Waals surface area contributed by atoms with Gasteiger partial charge in [0.25, 0.3) is 11.8 Å². The topological polar surface area (TPSA) is 169 Å². The van der Waals surface area contributed by atoms with Crippen LogP contribution < -0.4 is 35.8 Å². The average molecular weight is 840 g/mol. The first-order valence-electron chi connectivity index (χ1n) is 19.8. The van der Waals surface area contributed by atoms with Gasteiger partial charge < -0.3 is 29.7 Å². The highest BCUT2D eigenvalue weighted by Crippen LogP contribution is 2.39. The molecular weight excluding hydrogens is 793 g/mol. The maximum Gasteiger partial charge on any atom is 0.262 e. The van der Waals surface area contributed by atoms with E-state index in [0.29, 0.717) is 56.3 Å². The van der Waals surface area contributed by atoms with Crippen LogP contribution in [0.5, 0.6) is 5.75 Å². The predicted molar refractivity (Wildman–Crippen MR) is 229 cm³/mol. The number of halogens is 1. The number of amides is 4. The number of carbonyl (C=O) groups is 4. The average Bonchev–Trinajstić information content (AvgIpc) is 3.47. The van der Waals surface area contributed by atoms with Gasteiger partial charge in [0, 0.05) is 75.0 Å². The van der Waals surface area contributed by atoms with Gasteiger partial charge >= 0.3 is 0 Å². The molecule has 3 N–H and O–H groups in total. The fourth-order valence-electron chi connectivity index (χ4n) is 8.38. The van der Waals surface area contributed by atoms with E-state index in [1.165, 1.54) is 6.20 Å². The van der Waals surface area contributed by atoms with Crippen LogP contribution in [0.25, 0.3) is 0 Å². The quantitative estimate of drug-likeness (QED) is 0.131. The molecule has 17 heteroatoms. The number of para-hydroxylation sites is 1. The first-order valence-corrected chi connectivity index (χ1v) is 22.8. The zero-order chi connectivity index (χ0) is 41.4. The highest BCUT2D eigenvalue weighted by atomic mass is 35.5. The van der Waals surface area contributed by atoms with E-state index in [2.05, 4.69) is 46.7 Å². The number of rotatable bonds is 11. The molecule has 15 nitrogen and oxygen atoms in total. The minimum absolute atomic E-state index is 0.0894. The Morgan fingerprint density at radius 1 is 0.831 bits per heavy atom. The van der Waals surface area contributed by atoms with Gasteiger partial charge in [-0.25, -0.2) is 4.98 Å². The normalized spacial score (nSPS) is 19.2. The molecule has 8 rings (SSSR count). The second-order valence-electron chi connectivity index (χ2n) is 15.8. The van der Waals surface area contributed by atoms with Crippen molar-refractivity contribution in [1.82, 2.24) is 25.1 Å². The zero-order valence-electron chi connectivity index (χ0n) is 33.2. The fourth-order valence-corrected chi connectivity index (χ4v) is 9.67. The first kappa shape index (κ1) is 40.3. The SMILES string of the molecule is COc1cc(N2CCC(CN3CCN(c4ccc5c(c4)C(=O)N(C4CCC(=O)NC4=O)C5=O)CC3)CC2)ccc1Nc1ncc(Cl)c(Nc2ccccc2P(C)(C)=O)n1. The van der Waals surface area contributed by atoms with Crippen molar-refractivity contribution in [2.24, 2.45) is 5.92 Å². The Labute approximate surface area is 347 Å². The second kappa shape index (κ2) is 16.6. The summed E-state index contributed by atoms with van der Waals surface area (Å²) in [5.41, 5.74) is 3.94. The maximum absolute atomic E-state index is 13.4. The van der Waals surface area contributed by atoms with E-state index in [0.717, 1.165) is 74.9 Å². The molecule has 4 aliphatic rings. The molecular formula is C42H47ClN9O6P. The molecule has 0 radical (unpaired) electrons. The van der Waals surface area contributed by atoms with Crippen molar-refractivity contribution in [2.45, 2.75) is 31.7 Å². The van der Waals surface area contributed by atoms with E-state index in [4.69, 9.17) is 16.3 Å². The molecule has 0 aliphatic carbocycles. The number of nitrogens with zero attached hydrogens (tertiary/aromatic N) is 6. The Balaban J connectivity index is 0.831. The van der Waals surface area contributed by atoms with E-state index in [9.17, 15) is 23.7 Å². The number of ether oxygens (including phenoxy) is 1. The molecule has 4 aliphatic heterocycles. The van der Waals surface area contributed by atoms with Gasteiger partial charge in [-0.2, -0.15) is 4.98 Å². The summed E-state index contributed by atoms with van der Waals surface area (Å²) in [4.78, 5) is 67.7. The third-order valence-electron chi connectivity index (χ3n) is 11.6. The number of aromatic nitrogens is 2. The Kier molecular flexibility index (Phi) is 11.4. The van der Waals surface area contributed by atoms with Crippen molar-refractivity contribution in [1.29, 1.82) is 0 Å². The van der Waals surface area contributed by atoms with Crippen LogP contribution >= 0.6 is 18.7 Å². The van der Waals surface area contributed by atoms with Crippen molar-refractivity contribution in [2.75, 3.05) is 86.7 Å². The molecule has 0 bridgehead atoms. The summed E-state index contributed by atoms with van der Waals surface area (Å²) < 4.78 is 18.7. The van der Waals surface area contributed by atoms with Crippen LogP contribution in [0.3, 0.4) is 0 Å². The number of carbonyl (C=O) groups excluding carboxylic acids is 4. The van der Waals surface area contributed by atoms with Gasteiger partial charge in [-0.1, -0.05) is 23.7 Å². The molecule has 1 unspecified atom stereocenters. The van der Waals surface area contributed by atoms with Crippen LogP contribution in [0, 0.1) is 5.92 Å². The van der Waals surface area contributed by atoms with Gasteiger partial charge in [-0.15, -0.1) is 0 Å². The molecule has 5 heterocycles. The molecule has 0 spiro atoms. The van der Waals surface area contributed by atoms with Gasteiger partial charge in [0.15, 0.2) is 5.82 Å². The van der Waals surface area contributed by atoms with Gasteiger partial charge in [0.05, 0.1) is 35.8 Å². The molecule has 59 heavy (non-hydrogen) atoms. The van der Waals surface area contributed by atoms with Crippen LogP contribution in [0.2, 0.25) is 5.02 Å². The van der Waals surface area contributed by atoms with Crippen molar-refractivity contribution in [3.05, 3.63) is 83.0 Å². The number of nitrogens with one attached hydrogen (secondary N) is 3. The molecule has 4 aromatic rings. The number of imide groups is 2. The van der Waals surface area contributed by atoms with Gasteiger partial charge in [-0.3, -0.25) is 34.3 Å². The number of piperazine rings is 1. The van der Waals surface area contributed by atoms with Crippen LogP contribution in [0.4, 0.5) is 34.5 Å². The predicted octanol–water partition coefficient (Wildman–Crippen LogP) is 5.31. The molecule has 3 aromatic carbocycles. The van der Waals surface area contributed by atoms with Crippen molar-refractivity contribution in [3.8, 4) is 5.75 Å². The lowest BCUT2D eigenvalue weighted by atomic mass is 9.95. The zero-order valence-corrected chi connectivity index (χ0v) is 34.9. The highest BCUT2D eigenvalue weighted by Gasteiger charge is 2.45. The molecule has 308 valence electrons. The van der Waals surface area contributed by atoms with Crippen LogP contribution in [-0.2, 0) is 14.2 Å². The van der Waals surface area contributed by atoms with Crippen LogP contribution in [0.1, 0.15) is 46.4 Å². The van der Waals surface area contributed by atoms with Crippen molar-refractivity contribution < 1.29 is 28.5 Å². The lowest BCUT2D eigenvalue weighted by molar-refractivity contribution is -0.136. The van der Waals surface area contributed by atoms with Crippen molar-refractivity contribution in [3.63, 3.8) is 0 Å². The number of hydrogen-bond acceptors (Lipinski definition) is 13. The second-order valence-corrected chi connectivity index (χ2v) is 19.4. The largest absolute Gasteiger partial charge is 0.494 e. The Morgan fingerprint density at radius 3 is 2.25 bits per heavy atom. The number of methoxy groups -OCH3 is 1. The number of hydrogen-bond donors (Lipinski definition) is 3. The minimum atomic E-state index is -2.56. The smallest absolute Gasteiger partial charge is 0.262 e. The van der Waals surface area contributed by atoms with Crippen LogP contribution in [-0.4, -0.2) is 116 Å². The highest BCUT2D eigenvalue weighted by molar-refractivity contribution is 7.70. The van der Waals surface area contributed by atoms with E-state index in [1.54, 1.807) is 32.6 Å². The summed E-state index contributed by atoms with van der Waals surface area (Å²) in [5.74, 6) is -0.0342. The summed E-state index contributed by atoms with van der Waals surface area (Å²) in [6.07, 6.45) is 3.87. The van der Waals surface area contributed by atoms with E-state index < -0.39 is 36.8 Å². The Bertz CT molecular complexity index is 2360. The summed E-state index contributed by atoms with van der Waals surface area (Å²) in [6, 6.07) is 17.8. The summed E-state index contributed by atoms with van der Waals surface area (Å²) >= 11 is 6.47. The minimum Gasteiger partial charge on any atom is -0.494 e. The lowest BCUT2D eigenvalue weighted by Gasteiger charge is -2.40. The van der Waals surface area contributed by atoms with Gasteiger partial charge in [0.2, 0.25) is 17.8 Å². The Morgan fingerprint density at radius 2 is 1.53 bits per heavy atom. The number of benzene rings is 3. The summed E-state index contributed by atoms with van der Waals surface area (Å²) in [7, 11) is -0.918. The third kappa shape index (κ3) is 8.50. The number of piperidine rings is 2. The number of anilines is 6. The molecule has 4 amide bonds.